The average Bonchev–Trinajstić information content (AvgIpc) is 2.78. The summed E-state index contributed by atoms with van der Waals surface area (Å²) >= 11 is 0. The highest BCUT2D eigenvalue weighted by molar-refractivity contribution is 5.76. The molecule has 1 saturated heterocycles. The summed E-state index contributed by atoms with van der Waals surface area (Å²) in [5, 5.41) is 0. The highest BCUT2D eigenvalue weighted by Gasteiger charge is 2.40. The van der Waals surface area contributed by atoms with E-state index >= 15 is 13.2 Å². The predicted octanol–water partition coefficient (Wildman–Crippen LogP) is 7.04. The molecule has 0 saturated carbocycles. The third-order valence-electron chi connectivity index (χ3n) is 6.10. The van der Waals surface area contributed by atoms with Gasteiger partial charge in [-0.05, 0) is 35.1 Å². The SMILES string of the molecule is C=CCCC1OCC(c2ccc3c(c2F)C(F)C(F)c2c-3ccc(CCC)c2F)CO1. The first-order valence-corrected chi connectivity index (χ1v) is 10.7. The van der Waals surface area contributed by atoms with Gasteiger partial charge in [-0.15, -0.1) is 6.58 Å². The van der Waals surface area contributed by atoms with Crippen molar-refractivity contribution in [2.75, 3.05) is 13.2 Å². The molecule has 2 nitrogen and oxygen atoms in total. The number of aryl methyl sites for hydroxylation is 1. The van der Waals surface area contributed by atoms with E-state index in [1.807, 2.05) is 6.92 Å². The fraction of sp³-hybridized carbons (Fsp3) is 0.440. The molecule has 1 heterocycles. The van der Waals surface area contributed by atoms with E-state index in [-0.39, 0.29) is 47.3 Å². The van der Waals surface area contributed by atoms with Crippen molar-refractivity contribution in [1.82, 2.24) is 0 Å². The molecule has 31 heavy (non-hydrogen) atoms. The van der Waals surface area contributed by atoms with Crippen LogP contribution in [0, 0.1) is 11.6 Å². The van der Waals surface area contributed by atoms with E-state index in [1.165, 1.54) is 0 Å². The van der Waals surface area contributed by atoms with Crippen LogP contribution in [0.5, 0.6) is 0 Å². The predicted molar refractivity (Wildman–Crippen MR) is 111 cm³/mol. The number of rotatable bonds is 6. The van der Waals surface area contributed by atoms with E-state index in [0.717, 1.165) is 6.42 Å². The van der Waals surface area contributed by atoms with Crippen molar-refractivity contribution in [3.63, 3.8) is 0 Å². The molecular formula is C25H26F4O2. The first-order valence-electron chi connectivity index (χ1n) is 10.7. The summed E-state index contributed by atoms with van der Waals surface area (Å²) in [5.41, 5.74) is 0.309. The van der Waals surface area contributed by atoms with Crippen LogP contribution in [-0.2, 0) is 15.9 Å². The number of hydrogen-bond donors (Lipinski definition) is 0. The Morgan fingerprint density at radius 3 is 2.19 bits per heavy atom. The Morgan fingerprint density at radius 1 is 0.968 bits per heavy atom. The third-order valence-corrected chi connectivity index (χ3v) is 6.10. The third kappa shape index (κ3) is 3.92. The molecule has 2 aromatic rings. The Hall–Kier alpha value is -2.18. The number of halogens is 4. The maximum atomic E-state index is 15.4. The van der Waals surface area contributed by atoms with E-state index in [9.17, 15) is 4.39 Å². The van der Waals surface area contributed by atoms with Gasteiger partial charge in [0.05, 0.1) is 13.2 Å². The van der Waals surface area contributed by atoms with Gasteiger partial charge >= 0.3 is 0 Å². The molecule has 166 valence electrons. The van der Waals surface area contributed by atoms with Gasteiger partial charge in [-0.25, -0.2) is 17.6 Å². The van der Waals surface area contributed by atoms with Gasteiger partial charge < -0.3 is 9.47 Å². The number of alkyl halides is 2. The second-order valence-corrected chi connectivity index (χ2v) is 8.14. The van der Waals surface area contributed by atoms with Gasteiger partial charge in [0.2, 0.25) is 0 Å². The lowest BCUT2D eigenvalue weighted by atomic mass is 9.79. The minimum atomic E-state index is -2.28. The standard InChI is InChI=1S/C25H26F4O2/c1-3-5-7-19-30-12-15(13-31-19)16-10-11-18-17-9-8-14(6-4-2)22(26)20(17)24(28)25(29)21(18)23(16)27/h3,8-11,15,19,24-25H,1,4-7,12-13H2,2H3. The zero-order chi connectivity index (χ0) is 22.1. The summed E-state index contributed by atoms with van der Waals surface area (Å²) in [6.07, 6.45) is -0.653. The number of allylic oxidation sites excluding steroid dienone is 1. The highest BCUT2D eigenvalue weighted by atomic mass is 19.2. The van der Waals surface area contributed by atoms with Crippen LogP contribution in [-0.4, -0.2) is 19.5 Å². The monoisotopic (exact) mass is 434 g/mol. The van der Waals surface area contributed by atoms with Crippen LogP contribution in [0.25, 0.3) is 11.1 Å². The summed E-state index contributed by atoms with van der Waals surface area (Å²) in [4.78, 5) is 0. The van der Waals surface area contributed by atoms with Gasteiger partial charge in [-0.3, -0.25) is 0 Å². The molecule has 0 radical (unpaired) electrons. The number of ether oxygens (including phenoxy) is 2. The van der Waals surface area contributed by atoms with Crippen molar-refractivity contribution in [2.45, 2.75) is 57.2 Å². The molecule has 0 bridgehead atoms. The van der Waals surface area contributed by atoms with Crippen LogP contribution >= 0.6 is 0 Å². The van der Waals surface area contributed by atoms with E-state index in [4.69, 9.17) is 9.47 Å². The van der Waals surface area contributed by atoms with Crippen molar-refractivity contribution in [3.8, 4) is 11.1 Å². The maximum Gasteiger partial charge on any atom is 0.164 e. The number of hydrogen-bond acceptors (Lipinski definition) is 2. The van der Waals surface area contributed by atoms with Gasteiger partial charge in [0, 0.05) is 23.5 Å². The summed E-state index contributed by atoms with van der Waals surface area (Å²) in [6.45, 7) is 5.99. The van der Waals surface area contributed by atoms with E-state index < -0.39 is 29.9 Å². The Kier molecular flexibility index (Phi) is 6.49. The highest BCUT2D eigenvalue weighted by Crippen LogP contribution is 2.51. The lowest BCUT2D eigenvalue weighted by Gasteiger charge is -2.32. The van der Waals surface area contributed by atoms with E-state index in [0.29, 0.717) is 24.8 Å². The zero-order valence-corrected chi connectivity index (χ0v) is 17.5. The molecule has 0 N–H and O–H groups in total. The van der Waals surface area contributed by atoms with Crippen LogP contribution in [0.1, 0.15) is 66.7 Å². The Morgan fingerprint density at radius 2 is 1.58 bits per heavy atom. The molecule has 6 heteroatoms. The van der Waals surface area contributed by atoms with E-state index in [2.05, 4.69) is 6.58 Å². The van der Waals surface area contributed by atoms with Crippen LogP contribution in [0.2, 0.25) is 0 Å². The number of benzene rings is 2. The van der Waals surface area contributed by atoms with Crippen LogP contribution in [0.4, 0.5) is 17.6 Å². The first-order chi connectivity index (χ1) is 15.0. The van der Waals surface area contributed by atoms with Gasteiger partial charge in [0.1, 0.15) is 11.6 Å². The van der Waals surface area contributed by atoms with Gasteiger partial charge in [-0.2, -0.15) is 0 Å². The Labute approximate surface area is 179 Å². The summed E-state index contributed by atoms with van der Waals surface area (Å²) in [6, 6.07) is 6.23. The fourth-order valence-electron chi connectivity index (χ4n) is 4.47. The minimum absolute atomic E-state index is 0.195. The lowest BCUT2D eigenvalue weighted by molar-refractivity contribution is -0.189. The fourth-order valence-corrected chi connectivity index (χ4v) is 4.47. The molecule has 0 aromatic heterocycles. The second-order valence-electron chi connectivity index (χ2n) is 8.14. The molecule has 2 aromatic carbocycles. The summed E-state index contributed by atoms with van der Waals surface area (Å²) in [5.74, 6) is -1.97. The molecule has 1 fully saturated rings. The van der Waals surface area contributed by atoms with E-state index in [1.54, 1.807) is 30.3 Å². The summed E-state index contributed by atoms with van der Waals surface area (Å²) < 4.78 is 71.8. The lowest BCUT2D eigenvalue weighted by Crippen LogP contribution is -2.31. The largest absolute Gasteiger partial charge is 0.352 e. The van der Waals surface area contributed by atoms with Crippen LogP contribution < -0.4 is 0 Å². The Bertz CT molecular complexity index is 966. The van der Waals surface area contributed by atoms with Crippen LogP contribution in [0.3, 0.4) is 0 Å². The molecule has 1 aliphatic heterocycles. The van der Waals surface area contributed by atoms with Gasteiger partial charge in [-0.1, -0.05) is 43.7 Å². The molecule has 0 spiro atoms. The zero-order valence-electron chi connectivity index (χ0n) is 17.5. The van der Waals surface area contributed by atoms with Crippen molar-refractivity contribution >= 4 is 0 Å². The van der Waals surface area contributed by atoms with Crippen molar-refractivity contribution in [2.24, 2.45) is 0 Å². The molecule has 0 amide bonds. The quantitative estimate of drug-likeness (QED) is 0.359. The van der Waals surface area contributed by atoms with Crippen molar-refractivity contribution in [3.05, 3.63) is 70.8 Å². The Balaban J connectivity index is 1.68. The molecule has 2 atom stereocenters. The second kappa shape index (κ2) is 9.13. The minimum Gasteiger partial charge on any atom is -0.352 e. The molecule has 4 rings (SSSR count). The van der Waals surface area contributed by atoms with Gasteiger partial charge in [0.25, 0.3) is 0 Å². The smallest absolute Gasteiger partial charge is 0.164 e. The van der Waals surface area contributed by atoms with Crippen molar-refractivity contribution < 1.29 is 27.0 Å². The maximum absolute atomic E-state index is 15.4. The van der Waals surface area contributed by atoms with Crippen LogP contribution in [0.15, 0.2) is 36.9 Å². The topological polar surface area (TPSA) is 18.5 Å². The number of fused-ring (bicyclic) bond motifs is 3. The van der Waals surface area contributed by atoms with Crippen molar-refractivity contribution in [1.29, 1.82) is 0 Å². The molecule has 2 unspecified atom stereocenters. The average molecular weight is 434 g/mol. The molecular weight excluding hydrogens is 408 g/mol. The van der Waals surface area contributed by atoms with Gasteiger partial charge in [0.15, 0.2) is 18.6 Å². The summed E-state index contributed by atoms with van der Waals surface area (Å²) in [7, 11) is 0. The molecule has 1 aliphatic carbocycles. The first kappa shape index (κ1) is 22.0. The normalized spacial score (nSPS) is 25.1. The molecule has 2 aliphatic rings.